The van der Waals surface area contributed by atoms with E-state index in [1.54, 1.807) is 0 Å². The van der Waals surface area contributed by atoms with Crippen molar-refractivity contribution in [3.8, 4) is 0 Å². The lowest BCUT2D eigenvalue weighted by atomic mass is 9.88. The number of carbonyl (C=O) groups excluding carboxylic acids is 3. The lowest BCUT2D eigenvalue weighted by Crippen LogP contribution is -2.68. The zero-order valence-electron chi connectivity index (χ0n) is 14.9. The summed E-state index contributed by atoms with van der Waals surface area (Å²) in [5.74, 6) is -7.10. The van der Waals surface area contributed by atoms with E-state index in [9.17, 15) is 39.6 Å². The van der Waals surface area contributed by atoms with E-state index < -0.39 is 73.1 Å². The van der Waals surface area contributed by atoms with Gasteiger partial charge in [-0.2, -0.15) is 0 Å². The van der Waals surface area contributed by atoms with E-state index in [4.69, 9.17) is 14.2 Å². The van der Waals surface area contributed by atoms with Crippen LogP contribution < -0.4 is 5.32 Å². The standard InChI is InChI=1S/C15H23NO11/c1-6(18)16-11-9(21)4-15(24,14(22)23)27-13(11)12(26-8(3)20)10(5-17)25-7(2)19/h9-13,17,21,24H,4-5H2,1-3H3,(H,16,18)(H,22,23)/t9-,10?,11+,12?,13+,15?/m0/s1. The van der Waals surface area contributed by atoms with Gasteiger partial charge in [0.25, 0.3) is 5.79 Å². The zero-order valence-corrected chi connectivity index (χ0v) is 14.9. The highest BCUT2D eigenvalue weighted by molar-refractivity contribution is 5.76. The monoisotopic (exact) mass is 393 g/mol. The van der Waals surface area contributed by atoms with Gasteiger partial charge in [-0.25, -0.2) is 4.79 Å². The van der Waals surface area contributed by atoms with E-state index in [1.165, 1.54) is 0 Å². The van der Waals surface area contributed by atoms with E-state index in [-0.39, 0.29) is 0 Å². The van der Waals surface area contributed by atoms with Crippen LogP contribution in [-0.2, 0) is 33.4 Å². The Kier molecular flexibility index (Phi) is 7.65. The first kappa shape index (κ1) is 22.8. The summed E-state index contributed by atoms with van der Waals surface area (Å²) in [5.41, 5.74) is 0. The maximum Gasteiger partial charge on any atom is 0.364 e. The molecule has 6 atom stereocenters. The summed E-state index contributed by atoms with van der Waals surface area (Å²) in [7, 11) is 0. The number of ether oxygens (including phenoxy) is 3. The molecule has 1 aliphatic rings. The number of rotatable bonds is 7. The third-order valence-electron chi connectivity index (χ3n) is 3.78. The average Bonchev–Trinajstić information content (AvgIpc) is 2.52. The highest BCUT2D eigenvalue weighted by Crippen LogP contribution is 2.32. The van der Waals surface area contributed by atoms with Gasteiger partial charge in [-0.15, -0.1) is 0 Å². The molecule has 3 unspecified atom stereocenters. The molecule has 0 bridgehead atoms. The normalized spacial score (nSPS) is 29.9. The van der Waals surface area contributed by atoms with Crippen LogP contribution in [0.4, 0.5) is 0 Å². The van der Waals surface area contributed by atoms with Crippen LogP contribution in [0.25, 0.3) is 0 Å². The Morgan fingerprint density at radius 2 is 1.74 bits per heavy atom. The number of hydrogen-bond donors (Lipinski definition) is 5. The molecule has 5 N–H and O–H groups in total. The molecule has 0 aromatic rings. The molecule has 1 amide bonds. The van der Waals surface area contributed by atoms with Crippen LogP contribution in [-0.4, -0.2) is 87.1 Å². The molecule has 0 saturated carbocycles. The summed E-state index contributed by atoms with van der Waals surface area (Å²) in [6, 6.07) is -1.34. The topological polar surface area (TPSA) is 189 Å². The molecule has 0 spiro atoms. The summed E-state index contributed by atoms with van der Waals surface area (Å²) >= 11 is 0. The quantitative estimate of drug-likeness (QED) is 0.282. The summed E-state index contributed by atoms with van der Waals surface area (Å²) in [6.45, 7) is 2.26. The minimum atomic E-state index is -2.87. The van der Waals surface area contributed by atoms with Crippen molar-refractivity contribution < 1.29 is 53.8 Å². The number of aliphatic hydroxyl groups is 3. The van der Waals surface area contributed by atoms with Crippen molar-refractivity contribution >= 4 is 23.8 Å². The number of aliphatic carboxylic acids is 1. The molecule has 0 aliphatic carbocycles. The van der Waals surface area contributed by atoms with Crippen molar-refractivity contribution in [3.05, 3.63) is 0 Å². The average molecular weight is 393 g/mol. The second-order valence-electron chi connectivity index (χ2n) is 6.07. The molecule has 27 heavy (non-hydrogen) atoms. The van der Waals surface area contributed by atoms with E-state index in [0.29, 0.717) is 0 Å². The fraction of sp³-hybridized carbons (Fsp3) is 0.733. The minimum Gasteiger partial charge on any atom is -0.477 e. The second-order valence-corrected chi connectivity index (χ2v) is 6.07. The van der Waals surface area contributed by atoms with Gasteiger partial charge in [0.2, 0.25) is 5.91 Å². The number of carboxylic acid groups (broad SMARTS) is 1. The first-order chi connectivity index (χ1) is 12.4. The predicted molar refractivity (Wildman–Crippen MR) is 83.9 cm³/mol. The largest absolute Gasteiger partial charge is 0.477 e. The maximum absolute atomic E-state index is 11.5. The highest BCUT2D eigenvalue weighted by Gasteiger charge is 2.55. The fourth-order valence-electron chi connectivity index (χ4n) is 2.77. The smallest absolute Gasteiger partial charge is 0.364 e. The van der Waals surface area contributed by atoms with Crippen LogP contribution in [0, 0.1) is 0 Å². The zero-order chi connectivity index (χ0) is 20.9. The van der Waals surface area contributed by atoms with E-state index in [0.717, 1.165) is 20.8 Å². The van der Waals surface area contributed by atoms with Crippen molar-refractivity contribution in [1.82, 2.24) is 5.32 Å². The van der Waals surface area contributed by atoms with Gasteiger partial charge in [0.05, 0.1) is 18.8 Å². The summed E-state index contributed by atoms with van der Waals surface area (Å²) < 4.78 is 15.0. The fourth-order valence-corrected chi connectivity index (χ4v) is 2.77. The molecular formula is C15H23NO11. The molecule has 1 fully saturated rings. The number of carbonyl (C=O) groups is 4. The highest BCUT2D eigenvalue weighted by atomic mass is 16.7. The van der Waals surface area contributed by atoms with Crippen molar-refractivity contribution in [2.24, 2.45) is 0 Å². The first-order valence-electron chi connectivity index (χ1n) is 7.95. The molecule has 0 aromatic carbocycles. The van der Waals surface area contributed by atoms with Gasteiger partial charge in [-0.3, -0.25) is 14.4 Å². The number of esters is 2. The van der Waals surface area contributed by atoms with Gasteiger partial charge in [0, 0.05) is 27.2 Å². The van der Waals surface area contributed by atoms with Crippen LogP contribution in [0.3, 0.4) is 0 Å². The molecule has 1 aliphatic heterocycles. The Morgan fingerprint density at radius 1 is 1.19 bits per heavy atom. The molecule has 12 nitrogen and oxygen atoms in total. The number of aliphatic hydroxyl groups excluding tert-OH is 2. The van der Waals surface area contributed by atoms with E-state index in [1.807, 2.05) is 0 Å². The van der Waals surface area contributed by atoms with Crippen molar-refractivity contribution in [3.63, 3.8) is 0 Å². The Balaban J connectivity index is 3.37. The number of nitrogens with one attached hydrogen (secondary N) is 1. The van der Waals surface area contributed by atoms with Gasteiger partial charge in [-0.1, -0.05) is 0 Å². The molecule has 12 heteroatoms. The molecule has 154 valence electrons. The Labute approximate surface area is 154 Å². The molecule has 1 heterocycles. The van der Waals surface area contributed by atoms with Crippen LogP contribution in [0.2, 0.25) is 0 Å². The van der Waals surface area contributed by atoms with Gasteiger partial charge in [-0.05, 0) is 0 Å². The lowest BCUT2D eigenvalue weighted by molar-refractivity contribution is -0.296. The Morgan fingerprint density at radius 3 is 2.15 bits per heavy atom. The maximum atomic E-state index is 11.5. The molecule has 0 aromatic heterocycles. The third kappa shape index (κ3) is 5.85. The summed E-state index contributed by atoms with van der Waals surface area (Å²) in [5, 5.41) is 41.4. The van der Waals surface area contributed by atoms with Gasteiger partial charge >= 0.3 is 17.9 Å². The van der Waals surface area contributed by atoms with Gasteiger partial charge in [0.15, 0.2) is 12.2 Å². The molecular weight excluding hydrogens is 370 g/mol. The Hall–Kier alpha value is -2.28. The molecule has 1 saturated heterocycles. The van der Waals surface area contributed by atoms with Crippen LogP contribution in [0.15, 0.2) is 0 Å². The van der Waals surface area contributed by atoms with Crippen molar-refractivity contribution in [2.45, 2.75) is 63.4 Å². The first-order valence-corrected chi connectivity index (χ1v) is 7.95. The van der Waals surface area contributed by atoms with Gasteiger partial charge in [0.1, 0.15) is 6.10 Å². The summed E-state index contributed by atoms with van der Waals surface area (Å²) in [4.78, 5) is 45.6. The van der Waals surface area contributed by atoms with Crippen LogP contribution in [0.5, 0.6) is 0 Å². The number of hydrogen-bond acceptors (Lipinski definition) is 10. The molecule has 0 radical (unpaired) electrons. The second kappa shape index (κ2) is 9.08. The lowest BCUT2D eigenvalue weighted by Gasteiger charge is -2.45. The Bertz CT molecular complexity index is 594. The number of carboxylic acids is 1. The van der Waals surface area contributed by atoms with E-state index >= 15 is 0 Å². The van der Waals surface area contributed by atoms with Gasteiger partial charge < -0.3 is 40.0 Å². The SMILES string of the molecule is CC(=O)N[C@@H]1[C@@H](O)CC(O)(C(=O)O)O[C@H]1C(OC(C)=O)C(CO)OC(C)=O. The predicted octanol–water partition coefficient (Wildman–Crippen LogP) is -2.73. The third-order valence-corrected chi connectivity index (χ3v) is 3.78. The summed E-state index contributed by atoms with van der Waals surface area (Å²) in [6.07, 6.45) is -7.25. The minimum absolute atomic E-state index is 0.636. The van der Waals surface area contributed by atoms with Crippen molar-refractivity contribution in [1.29, 1.82) is 0 Å². The number of amides is 1. The van der Waals surface area contributed by atoms with E-state index in [2.05, 4.69) is 5.32 Å². The van der Waals surface area contributed by atoms with Crippen LogP contribution in [0.1, 0.15) is 27.2 Å². The van der Waals surface area contributed by atoms with Crippen molar-refractivity contribution in [2.75, 3.05) is 6.61 Å². The molecule has 1 rings (SSSR count). The van der Waals surface area contributed by atoms with Crippen LogP contribution >= 0.6 is 0 Å².